The smallest absolute Gasteiger partial charge is 0.293 e. The van der Waals surface area contributed by atoms with Crippen LogP contribution in [-0.2, 0) is 4.79 Å². The second-order valence-electron chi connectivity index (χ2n) is 3.68. The van der Waals surface area contributed by atoms with Gasteiger partial charge in [-0.15, -0.1) is 5.10 Å². The summed E-state index contributed by atoms with van der Waals surface area (Å²) in [5.41, 5.74) is 0.399. The second-order valence-corrected chi connectivity index (χ2v) is 4.43. The van der Waals surface area contributed by atoms with Gasteiger partial charge in [-0.25, -0.2) is 0 Å². The van der Waals surface area contributed by atoms with Crippen molar-refractivity contribution in [3.8, 4) is 0 Å². The Labute approximate surface area is 118 Å². The Morgan fingerprint density at radius 2 is 1.85 bits per heavy atom. The molecule has 7 nitrogen and oxygen atoms in total. The van der Waals surface area contributed by atoms with Crippen molar-refractivity contribution >= 4 is 34.8 Å². The van der Waals surface area contributed by atoms with E-state index >= 15 is 0 Å². The van der Waals surface area contributed by atoms with E-state index in [1.165, 1.54) is 7.05 Å². The number of carbonyl (C=O) groups is 3. The minimum atomic E-state index is -0.833. The van der Waals surface area contributed by atoms with Gasteiger partial charge in [0, 0.05) is 12.7 Å². The first-order chi connectivity index (χ1) is 9.63. The van der Waals surface area contributed by atoms with E-state index in [-0.39, 0.29) is 10.6 Å². The fraction of sp³-hybridized carbons (Fsp3) is 0.0833. The molecule has 20 heavy (non-hydrogen) atoms. The van der Waals surface area contributed by atoms with Crippen LogP contribution in [-0.4, -0.2) is 34.2 Å². The molecule has 1 heterocycles. The highest BCUT2D eigenvalue weighted by molar-refractivity contribution is 7.09. The van der Waals surface area contributed by atoms with E-state index in [1.54, 1.807) is 30.3 Å². The van der Waals surface area contributed by atoms with Crippen LogP contribution in [0.1, 0.15) is 20.2 Å². The summed E-state index contributed by atoms with van der Waals surface area (Å²) in [6.45, 7) is 0. The molecule has 0 spiro atoms. The van der Waals surface area contributed by atoms with E-state index in [0.29, 0.717) is 17.2 Å². The molecule has 8 heteroatoms. The van der Waals surface area contributed by atoms with Crippen LogP contribution in [0.3, 0.4) is 0 Å². The molecule has 0 aliphatic heterocycles. The van der Waals surface area contributed by atoms with Gasteiger partial charge in [0.25, 0.3) is 17.6 Å². The van der Waals surface area contributed by atoms with E-state index in [0.717, 1.165) is 0 Å². The molecule has 0 fully saturated rings. The predicted molar refractivity (Wildman–Crippen MR) is 72.7 cm³/mol. The largest absolute Gasteiger partial charge is 0.352 e. The molecule has 0 saturated carbocycles. The van der Waals surface area contributed by atoms with Crippen LogP contribution in [0.25, 0.3) is 0 Å². The van der Waals surface area contributed by atoms with Crippen molar-refractivity contribution in [2.45, 2.75) is 0 Å². The maximum atomic E-state index is 12.0. The number of ketones is 1. The maximum absolute atomic E-state index is 12.0. The van der Waals surface area contributed by atoms with Gasteiger partial charge in [0.15, 0.2) is 5.69 Å². The van der Waals surface area contributed by atoms with Crippen molar-refractivity contribution in [2.75, 3.05) is 12.4 Å². The van der Waals surface area contributed by atoms with Gasteiger partial charge in [-0.05, 0) is 23.7 Å². The lowest BCUT2D eigenvalue weighted by atomic mass is 10.2. The lowest BCUT2D eigenvalue weighted by molar-refractivity contribution is -0.116. The molecule has 0 radical (unpaired) electrons. The number of nitrogens with zero attached hydrogens (tertiary/aromatic N) is 2. The molecule has 2 N–H and O–H groups in total. The third-order valence-electron chi connectivity index (χ3n) is 2.37. The van der Waals surface area contributed by atoms with Gasteiger partial charge in [-0.3, -0.25) is 14.4 Å². The van der Waals surface area contributed by atoms with E-state index in [2.05, 4.69) is 20.2 Å². The molecule has 0 aliphatic carbocycles. The van der Waals surface area contributed by atoms with E-state index < -0.39 is 17.6 Å². The first-order valence-corrected chi connectivity index (χ1v) is 6.36. The summed E-state index contributed by atoms with van der Waals surface area (Å²) < 4.78 is 3.55. The number of hydrogen-bond acceptors (Lipinski definition) is 6. The topological polar surface area (TPSA) is 101 Å². The van der Waals surface area contributed by atoms with Gasteiger partial charge < -0.3 is 10.6 Å². The Bertz CT molecular complexity index is 654. The zero-order chi connectivity index (χ0) is 14.5. The first-order valence-electron chi connectivity index (χ1n) is 5.58. The summed E-state index contributed by atoms with van der Waals surface area (Å²) in [6.07, 6.45) is 0. The molecular formula is C12H10N4O3S. The van der Waals surface area contributed by atoms with Crippen LogP contribution in [0.4, 0.5) is 5.69 Å². The number of hydrogen-bond donors (Lipinski definition) is 2. The van der Waals surface area contributed by atoms with Gasteiger partial charge in [-0.2, -0.15) is 0 Å². The van der Waals surface area contributed by atoms with Crippen molar-refractivity contribution in [2.24, 2.45) is 0 Å². The Kier molecular flexibility index (Phi) is 4.16. The highest BCUT2D eigenvalue weighted by Gasteiger charge is 2.26. The average molecular weight is 290 g/mol. The van der Waals surface area contributed by atoms with Crippen LogP contribution < -0.4 is 10.6 Å². The number of Topliss-reactive ketones (excluding diaryl/α,β-unsaturated/α-hetero) is 1. The van der Waals surface area contributed by atoms with Crippen molar-refractivity contribution in [3.05, 3.63) is 40.9 Å². The molecule has 2 amide bonds. The maximum Gasteiger partial charge on any atom is 0.293 e. The van der Waals surface area contributed by atoms with Crippen LogP contribution in [0.5, 0.6) is 0 Å². The predicted octanol–water partition coefficient (Wildman–Crippen LogP) is 0.719. The van der Waals surface area contributed by atoms with Gasteiger partial charge in [0.1, 0.15) is 4.88 Å². The van der Waals surface area contributed by atoms with Crippen molar-refractivity contribution in [1.82, 2.24) is 14.9 Å². The number of nitrogens with one attached hydrogen (secondary N) is 2. The lowest BCUT2D eigenvalue weighted by Crippen LogP contribution is -2.28. The van der Waals surface area contributed by atoms with Crippen LogP contribution in [0.15, 0.2) is 30.3 Å². The number of likely N-dealkylation sites (N-methyl/N-ethyl adjacent to an activating group) is 1. The lowest BCUT2D eigenvalue weighted by Gasteiger charge is -2.03. The summed E-state index contributed by atoms with van der Waals surface area (Å²) in [5, 5.41) is 8.38. The van der Waals surface area contributed by atoms with Crippen LogP contribution in [0, 0.1) is 0 Å². The van der Waals surface area contributed by atoms with Gasteiger partial charge >= 0.3 is 0 Å². The highest BCUT2D eigenvalue weighted by Crippen LogP contribution is 2.14. The highest BCUT2D eigenvalue weighted by atomic mass is 32.1. The molecule has 1 aromatic heterocycles. The van der Waals surface area contributed by atoms with Crippen molar-refractivity contribution in [1.29, 1.82) is 0 Å². The fourth-order valence-corrected chi connectivity index (χ4v) is 2.02. The number of rotatable bonds is 4. The van der Waals surface area contributed by atoms with Crippen molar-refractivity contribution in [3.63, 3.8) is 0 Å². The molecule has 2 rings (SSSR count). The summed E-state index contributed by atoms with van der Waals surface area (Å²) >= 11 is 0.708. The Morgan fingerprint density at radius 1 is 1.15 bits per heavy atom. The number of carbonyl (C=O) groups excluding carboxylic acids is 3. The summed E-state index contributed by atoms with van der Waals surface area (Å²) in [7, 11) is 1.33. The normalized spacial score (nSPS) is 9.85. The number of aromatic nitrogens is 2. The Morgan fingerprint density at radius 3 is 2.50 bits per heavy atom. The molecule has 102 valence electrons. The zero-order valence-corrected chi connectivity index (χ0v) is 11.2. The minimum Gasteiger partial charge on any atom is -0.352 e. The summed E-state index contributed by atoms with van der Waals surface area (Å²) in [5.74, 6) is -2.23. The molecule has 2 aromatic rings. The summed E-state index contributed by atoms with van der Waals surface area (Å²) in [6, 6.07) is 8.70. The first kappa shape index (κ1) is 13.8. The van der Waals surface area contributed by atoms with Gasteiger partial charge in [0.05, 0.1) is 0 Å². The molecule has 0 aliphatic rings. The van der Waals surface area contributed by atoms with Crippen molar-refractivity contribution < 1.29 is 14.4 Å². The second kappa shape index (κ2) is 6.02. The zero-order valence-electron chi connectivity index (χ0n) is 10.4. The third-order valence-corrected chi connectivity index (χ3v) is 3.10. The molecule has 0 unspecified atom stereocenters. The Hall–Kier alpha value is -2.61. The van der Waals surface area contributed by atoms with E-state index in [1.807, 2.05) is 0 Å². The minimum absolute atomic E-state index is 0.0854. The van der Waals surface area contributed by atoms with Crippen LogP contribution in [0.2, 0.25) is 0 Å². The number of benzene rings is 1. The molecule has 0 saturated heterocycles. The molecule has 0 bridgehead atoms. The molecule has 0 atom stereocenters. The van der Waals surface area contributed by atoms with E-state index in [9.17, 15) is 14.4 Å². The SMILES string of the molecule is CNC(=O)C(=O)c1snnc1C(=O)Nc1ccccc1. The molecular weight excluding hydrogens is 280 g/mol. The third kappa shape index (κ3) is 2.86. The fourth-order valence-electron chi connectivity index (χ4n) is 1.42. The standard InChI is InChI=1S/C12H10N4O3S/c1-13-12(19)9(17)10-8(15-16-20-10)11(18)14-7-5-3-2-4-6-7/h2-6H,1H3,(H,13,19)(H,14,18). The average Bonchev–Trinajstić information content (AvgIpc) is 2.96. The molecule has 1 aromatic carbocycles. The quantitative estimate of drug-likeness (QED) is 0.638. The van der Waals surface area contributed by atoms with E-state index in [4.69, 9.17) is 0 Å². The van der Waals surface area contributed by atoms with Crippen LogP contribution >= 0.6 is 11.5 Å². The van der Waals surface area contributed by atoms with Gasteiger partial charge in [0.2, 0.25) is 0 Å². The number of anilines is 1. The number of para-hydroxylation sites is 1. The Balaban J connectivity index is 2.22. The van der Waals surface area contributed by atoms with Gasteiger partial charge in [-0.1, -0.05) is 22.7 Å². The summed E-state index contributed by atoms with van der Waals surface area (Å²) in [4.78, 5) is 35.0. The number of amides is 2. The monoisotopic (exact) mass is 290 g/mol.